The summed E-state index contributed by atoms with van der Waals surface area (Å²) in [4.78, 5) is 23.1. The maximum Gasteiger partial charge on any atom is 0.250 e. The normalized spacial score (nSPS) is 12.2. The van der Waals surface area contributed by atoms with Gasteiger partial charge in [-0.1, -0.05) is 6.92 Å². The zero-order valence-electron chi connectivity index (χ0n) is 10.7. The second kappa shape index (κ2) is 6.93. The molecule has 1 aromatic heterocycles. The Morgan fingerprint density at radius 3 is 2.89 bits per heavy atom. The van der Waals surface area contributed by atoms with Gasteiger partial charge in [-0.25, -0.2) is 0 Å². The molecule has 0 fully saturated rings. The number of anilines is 1. The van der Waals surface area contributed by atoms with Crippen molar-refractivity contribution < 1.29 is 9.53 Å². The summed E-state index contributed by atoms with van der Waals surface area (Å²) in [7, 11) is 1.57. The molecule has 18 heavy (non-hydrogen) atoms. The summed E-state index contributed by atoms with van der Waals surface area (Å²) in [5.41, 5.74) is 6.03. The number of hydrogen-bond acceptors (Lipinski definition) is 4. The topological polar surface area (TPSA) is 86.4 Å². The van der Waals surface area contributed by atoms with Gasteiger partial charge in [-0.3, -0.25) is 9.59 Å². The van der Waals surface area contributed by atoms with Crippen LogP contribution in [-0.4, -0.2) is 30.2 Å². The van der Waals surface area contributed by atoms with E-state index in [0.29, 0.717) is 25.3 Å². The van der Waals surface area contributed by atoms with Gasteiger partial charge in [0.05, 0.1) is 18.3 Å². The molecule has 0 saturated carbocycles. The van der Waals surface area contributed by atoms with Crippen molar-refractivity contribution in [3.05, 3.63) is 28.7 Å². The van der Waals surface area contributed by atoms with Crippen molar-refractivity contribution in [2.75, 3.05) is 19.0 Å². The molecule has 1 aromatic rings. The van der Waals surface area contributed by atoms with E-state index >= 15 is 0 Å². The van der Waals surface area contributed by atoms with Gasteiger partial charge in [-0.2, -0.15) is 0 Å². The number of pyridine rings is 1. The minimum absolute atomic E-state index is 0.134. The first-order chi connectivity index (χ1) is 8.58. The number of ether oxygens (including phenoxy) is 1. The summed E-state index contributed by atoms with van der Waals surface area (Å²) in [5.74, 6) is -0.255. The van der Waals surface area contributed by atoms with Gasteiger partial charge in [0.25, 0.3) is 5.56 Å². The van der Waals surface area contributed by atoms with Crippen molar-refractivity contribution in [2.45, 2.75) is 25.9 Å². The summed E-state index contributed by atoms with van der Waals surface area (Å²) >= 11 is 0. The van der Waals surface area contributed by atoms with Gasteiger partial charge in [0.1, 0.15) is 0 Å². The van der Waals surface area contributed by atoms with Crippen LogP contribution in [0.3, 0.4) is 0 Å². The number of nitrogens with two attached hydrogens (primary N) is 1. The highest BCUT2D eigenvalue weighted by atomic mass is 16.5. The molecule has 100 valence electrons. The van der Waals surface area contributed by atoms with E-state index in [2.05, 4.69) is 5.32 Å². The van der Waals surface area contributed by atoms with E-state index in [-0.39, 0.29) is 11.5 Å². The fraction of sp³-hybridized carbons (Fsp3) is 0.500. The second-order valence-corrected chi connectivity index (χ2v) is 3.95. The number of nitrogens with zero attached hydrogens (tertiary/aromatic N) is 1. The fourth-order valence-electron chi connectivity index (χ4n) is 1.39. The predicted molar refractivity (Wildman–Crippen MR) is 69.5 cm³/mol. The number of methoxy groups -OCH3 is 1. The number of amides is 1. The molecule has 0 aliphatic rings. The Kier molecular flexibility index (Phi) is 5.54. The summed E-state index contributed by atoms with van der Waals surface area (Å²) in [6.45, 7) is 2.72. The van der Waals surface area contributed by atoms with Crippen LogP contribution in [0, 0.1) is 0 Å². The van der Waals surface area contributed by atoms with E-state index in [1.807, 2.05) is 6.92 Å². The fourth-order valence-corrected chi connectivity index (χ4v) is 1.39. The van der Waals surface area contributed by atoms with Gasteiger partial charge in [-0.15, -0.1) is 0 Å². The second-order valence-electron chi connectivity index (χ2n) is 3.95. The van der Waals surface area contributed by atoms with Crippen LogP contribution in [0.1, 0.15) is 13.3 Å². The van der Waals surface area contributed by atoms with E-state index in [1.54, 1.807) is 19.4 Å². The van der Waals surface area contributed by atoms with Crippen LogP contribution in [0.4, 0.5) is 5.69 Å². The smallest absolute Gasteiger partial charge is 0.250 e. The molecular weight excluding hydrogens is 234 g/mol. The standard InChI is InChI=1S/C12H19N3O3/c1-3-10(13)12(17)14-9-4-5-11(16)15(8-9)6-7-18-2/h4-5,8,10H,3,6-7,13H2,1-2H3,(H,14,17). The van der Waals surface area contributed by atoms with Gasteiger partial charge in [-0.05, 0) is 12.5 Å². The van der Waals surface area contributed by atoms with Crippen LogP contribution in [0.25, 0.3) is 0 Å². The summed E-state index contributed by atoms with van der Waals surface area (Å²) in [6, 6.07) is 2.43. The van der Waals surface area contributed by atoms with Crippen LogP contribution in [0.2, 0.25) is 0 Å². The summed E-state index contributed by atoms with van der Waals surface area (Å²) in [5, 5.41) is 2.67. The molecule has 0 aliphatic heterocycles. The first-order valence-electron chi connectivity index (χ1n) is 5.84. The first kappa shape index (κ1) is 14.4. The molecule has 6 nitrogen and oxygen atoms in total. The van der Waals surface area contributed by atoms with Crippen molar-refractivity contribution in [3.8, 4) is 0 Å². The lowest BCUT2D eigenvalue weighted by molar-refractivity contribution is -0.117. The highest BCUT2D eigenvalue weighted by Crippen LogP contribution is 2.04. The maximum atomic E-state index is 11.6. The first-order valence-corrected chi connectivity index (χ1v) is 5.84. The zero-order valence-corrected chi connectivity index (χ0v) is 10.7. The number of aromatic nitrogens is 1. The van der Waals surface area contributed by atoms with Crippen LogP contribution < -0.4 is 16.6 Å². The van der Waals surface area contributed by atoms with Crippen molar-refractivity contribution >= 4 is 11.6 Å². The van der Waals surface area contributed by atoms with Crippen LogP contribution in [0.15, 0.2) is 23.1 Å². The third kappa shape index (κ3) is 3.97. The quantitative estimate of drug-likeness (QED) is 0.756. The summed E-state index contributed by atoms with van der Waals surface area (Å²) in [6.07, 6.45) is 2.15. The number of nitrogens with one attached hydrogen (secondary N) is 1. The number of carbonyl (C=O) groups excluding carboxylic acids is 1. The van der Waals surface area contributed by atoms with E-state index < -0.39 is 6.04 Å². The largest absolute Gasteiger partial charge is 0.383 e. The molecule has 0 aromatic carbocycles. The molecule has 1 heterocycles. The zero-order chi connectivity index (χ0) is 13.5. The molecule has 0 aliphatic carbocycles. The molecule has 0 spiro atoms. The van der Waals surface area contributed by atoms with Gasteiger partial charge in [0, 0.05) is 25.9 Å². The SMILES string of the molecule is CCC(N)C(=O)Nc1ccc(=O)n(CCOC)c1. The molecule has 3 N–H and O–H groups in total. The van der Waals surface area contributed by atoms with Crippen molar-refractivity contribution in [1.82, 2.24) is 4.57 Å². The van der Waals surface area contributed by atoms with Crippen molar-refractivity contribution in [3.63, 3.8) is 0 Å². The minimum Gasteiger partial charge on any atom is -0.383 e. The minimum atomic E-state index is -0.538. The van der Waals surface area contributed by atoms with Crippen LogP contribution in [0.5, 0.6) is 0 Å². The Hall–Kier alpha value is -1.66. The molecule has 1 rings (SSSR count). The molecule has 1 unspecified atom stereocenters. The van der Waals surface area contributed by atoms with E-state index in [9.17, 15) is 9.59 Å². The molecular formula is C12H19N3O3. The molecule has 0 saturated heterocycles. The lowest BCUT2D eigenvalue weighted by Crippen LogP contribution is -2.35. The van der Waals surface area contributed by atoms with Crippen LogP contribution in [-0.2, 0) is 16.1 Å². The number of rotatable bonds is 6. The molecule has 1 amide bonds. The van der Waals surface area contributed by atoms with Gasteiger partial charge in [0.15, 0.2) is 0 Å². The van der Waals surface area contributed by atoms with E-state index in [4.69, 9.17) is 10.5 Å². The van der Waals surface area contributed by atoms with Gasteiger partial charge in [0.2, 0.25) is 5.91 Å². The Balaban J connectivity index is 2.78. The maximum absolute atomic E-state index is 11.6. The average Bonchev–Trinajstić information content (AvgIpc) is 2.38. The van der Waals surface area contributed by atoms with E-state index in [0.717, 1.165) is 0 Å². The lowest BCUT2D eigenvalue weighted by Gasteiger charge is -2.11. The average molecular weight is 253 g/mol. The number of carbonyl (C=O) groups is 1. The van der Waals surface area contributed by atoms with Gasteiger partial charge >= 0.3 is 0 Å². The van der Waals surface area contributed by atoms with Crippen molar-refractivity contribution in [1.29, 1.82) is 0 Å². The highest BCUT2D eigenvalue weighted by molar-refractivity contribution is 5.94. The third-order valence-electron chi connectivity index (χ3n) is 2.56. The summed E-state index contributed by atoms with van der Waals surface area (Å²) < 4.78 is 6.39. The van der Waals surface area contributed by atoms with Crippen LogP contribution >= 0.6 is 0 Å². The molecule has 6 heteroatoms. The third-order valence-corrected chi connectivity index (χ3v) is 2.56. The lowest BCUT2D eigenvalue weighted by atomic mass is 10.2. The number of hydrogen-bond donors (Lipinski definition) is 2. The highest BCUT2D eigenvalue weighted by Gasteiger charge is 2.11. The predicted octanol–water partition coefficient (Wildman–Crippen LogP) is 0.171. The monoisotopic (exact) mass is 253 g/mol. The van der Waals surface area contributed by atoms with Crippen molar-refractivity contribution in [2.24, 2.45) is 5.73 Å². The molecule has 1 atom stereocenters. The Bertz CT molecular complexity index is 456. The van der Waals surface area contributed by atoms with E-state index in [1.165, 1.54) is 10.6 Å². The molecule has 0 bridgehead atoms. The Morgan fingerprint density at radius 1 is 1.56 bits per heavy atom. The Morgan fingerprint density at radius 2 is 2.28 bits per heavy atom. The molecule has 0 radical (unpaired) electrons. The van der Waals surface area contributed by atoms with Gasteiger partial charge < -0.3 is 20.4 Å². The Labute approximate surface area is 106 Å².